The molecule has 0 saturated carbocycles. The van der Waals surface area contributed by atoms with Crippen LogP contribution in [0.25, 0.3) is 0 Å². The molecule has 14 heavy (non-hydrogen) atoms. The molecule has 0 aromatic heterocycles. The number of carboxylic acid groups (broad SMARTS) is 1. The van der Waals surface area contributed by atoms with E-state index in [1.807, 2.05) is 0 Å². The van der Waals surface area contributed by atoms with Crippen LogP contribution in [0.2, 0.25) is 0 Å². The molecule has 0 radical (unpaired) electrons. The van der Waals surface area contributed by atoms with Gasteiger partial charge >= 0.3 is 5.97 Å². The van der Waals surface area contributed by atoms with Gasteiger partial charge in [-0.05, 0) is 0 Å². The fourth-order valence-electron chi connectivity index (χ4n) is 1.71. The highest BCUT2D eigenvalue weighted by Gasteiger charge is 2.32. The summed E-state index contributed by atoms with van der Waals surface area (Å²) in [5.74, 6) is -1.17. The lowest BCUT2D eigenvalue weighted by Crippen LogP contribution is -2.27. The third kappa shape index (κ3) is 1.25. The smallest absolute Gasteiger partial charge is 0.333 e. The van der Waals surface area contributed by atoms with Crippen LogP contribution < -0.4 is 5.32 Å². The first-order valence-electron chi connectivity index (χ1n) is 4.27. The quantitative estimate of drug-likeness (QED) is 0.613. The molecular formula is C10H9NO3. The highest BCUT2D eigenvalue weighted by atomic mass is 16.4. The number of allylic oxidation sites excluding steroid dienone is 2. The van der Waals surface area contributed by atoms with E-state index in [1.165, 1.54) is 6.20 Å². The maximum atomic E-state index is 10.8. The molecule has 4 heteroatoms. The van der Waals surface area contributed by atoms with Crippen molar-refractivity contribution in [3.8, 4) is 0 Å². The Morgan fingerprint density at radius 3 is 3.00 bits per heavy atom. The van der Waals surface area contributed by atoms with Crippen LogP contribution in [0.1, 0.15) is 0 Å². The summed E-state index contributed by atoms with van der Waals surface area (Å²) < 4.78 is 0. The van der Waals surface area contributed by atoms with Gasteiger partial charge in [-0.2, -0.15) is 0 Å². The highest BCUT2D eigenvalue weighted by molar-refractivity contribution is 5.89. The molecule has 2 rings (SSSR count). The zero-order valence-electron chi connectivity index (χ0n) is 7.31. The van der Waals surface area contributed by atoms with Crippen LogP contribution in [-0.2, 0) is 9.59 Å². The Kier molecular flexibility index (Phi) is 1.96. The zero-order valence-corrected chi connectivity index (χ0v) is 7.31. The van der Waals surface area contributed by atoms with Gasteiger partial charge in [-0.1, -0.05) is 18.2 Å². The van der Waals surface area contributed by atoms with Crippen LogP contribution in [0.15, 0.2) is 35.6 Å². The summed E-state index contributed by atoms with van der Waals surface area (Å²) in [6, 6.07) is -0.0233. The average molecular weight is 191 g/mol. The minimum atomic E-state index is -0.943. The maximum absolute atomic E-state index is 10.8. The van der Waals surface area contributed by atoms with Gasteiger partial charge < -0.3 is 10.4 Å². The van der Waals surface area contributed by atoms with Crippen molar-refractivity contribution in [2.45, 2.75) is 6.04 Å². The van der Waals surface area contributed by atoms with E-state index in [0.717, 1.165) is 6.29 Å². The minimum Gasteiger partial charge on any atom is -0.478 e. The normalized spacial score (nSPS) is 28.6. The van der Waals surface area contributed by atoms with Crippen molar-refractivity contribution in [3.05, 3.63) is 35.6 Å². The van der Waals surface area contributed by atoms with E-state index in [9.17, 15) is 9.59 Å². The molecule has 0 aromatic rings. The summed E-state index contributed by atoms with van der Waals surface area (Å²) in [6.45, 7) is 0. The van der Waals surface area contributed by atoms with Gasteiger partial charge in [0.15, 0.2) is 0 Å². The predicted molar refractivity (Wildman–Crippen MR) is 49.4 cm³/mol. The first-order chi connectivity index (χ1) is 6.72. The summed E-state index contributed by atoms with van der Waals surface area (Å²) in [5, 5.41) is 11.8. The van der Waals surface area contributed by atoms with Gasteiger partial charge in [0.1, 0.15) is 6.29 Å². The molecule has 0 aromatic carbocycles. The van der Waals surface area contributed by atoms with Crippen molar-refractivity contribution < 1.29 is 14.7 Å². The second-order valence-electron chi connectivity index (χ2n) is 3.27. The topological polar surface area (TPSA) is 66.4 Å². The van der Waals surface area contributed by atoms with Gasteiger partial charge in [-0.15, -0.1) is 0 Å². The Balaban J connectivity index is 2.30. The lowest BCUT2D eigenvalue weighted by molar-refractivity contribution is -0.133. The van der Waals surface area contributed by atoms with E-state index in [-0.39, 0.29) is 12.0 Å². The number of hydrogen-bond donors (Lipinski definition) is 2. The summed E-state index contributed by atoms with van der Waals surface area (Å²) in [5.41, 5.74) is 0.834. The van der Waals surface area contributed by atoms with Gasteiger partial charge in [-0.25, -0.2) is 4.79 Å². The molecule has 0 bridgehead atoms. The van der Waals surface area contributed by atoms with Gasteiger partial charge in [-0.3, -0.25) is 4.79 Å². The number of carbonyl (C=O) groups is 2. The van der Waals surface area contributed by atoms with E-state index in [0.29, 0.717) is 11.1 Å². The molecule has 2 aliphatic rings. The van der Waals surface area contributed by atoms with Crippen molar-refractivity contribution in [1.29, 1.82) is 0 Å². The van der Waals surface area contributed by atoms with Crippen molar-refractivity contribution in [1.82, 2.24) is 5.32 Å². The largest absolute Gasteiger partial charge is 0.478 e. The van der Waals surface area contributed by atoms with Crippen molar-refractivity contribution >= 4 is 12.3 Å². The number of hydrogen-bond acceptors (Lipinski definition) is 3. The molecule has 1 aliphatic heterocycles. The number of carbonyl (C=O) groups excluding carboxylic acids is 1. The van der Waals surface area contributed by atoms with Crippen molar-refractivity contribution in [3.63, 3.8) is 0 Å². The van der Waals surface area contributed by atoms with Crippen molar-refractivity contribution in [2.24, 2.45) is 5.92 Å². The van der Waals surface area contributed by atoms with Crippen LogP contribution >= 0.6 is 0 Å². The number of carboxylic acids is 1. The molecule has 0 amide bonds. The van der Waals surface area contributed by atoms with Gasteiger partial charge in [0.05, 0.1) is 11.6 Å². The van der Waals surface area contributed by atoms with Gasteiger partial charge in [0.25, 0.3) is 0 Å². The van der Waals surface area contributed by atoms with Crippen LogP contribution in [-0.4, -0.2) is 23.4 Å². The Hall–Kier alpha value is -1.84. The molecular weight excluding hydrogens is 182 g/mol. The van der Waals surface area contributed by atoms with Crippen LogP contribution in [0.5, 0.6) is 0 Å². The monoisotopic (exact) mass is 191 g/mol. The zero-order chi connectivity index (χ0) is 10.1. The van der Waals surface area contributed by atoms with E-state index in [1.54, 1.807) is 18.2 Å². The Labute approximate surface area is 80.6 Å². The summed E-state index contributed by atoms with van der Waals surface area (Å²) in [4.78, 5) is 21.3. The minimum absolute atomic E-state index is 0.0233. The average Bonchev–Trinajstić information content (AvgIpc) is 2.59. The first-order valence-corrected chi connectivity index (χ1v) is 4.27. The van der Waals surface area contributed by atoms with Crippen LogP contribution in [0.3, 0.4) is 0 Å². The van der Waals surface area contributed by atoms with E-state index >= 15 is 0 Å². The summed E-state index contributed by atoms with van der Waals surface area (Å²) >= 11 is 0. The lowest BCUT2D eigenvalue weighted by Gasteiger charge is -2.18. The molecule has 0 spiro atoms. The van der Waals surface area contributed by atoms with Gasteiger partial charge in [0, 0.05) is 17.7 Å². The Morgan fingerprint density at radius 1 is 1.57 bits per heavy atom. The molecule has 2 N–H and O–H groups in total. The second-order valence-corrected chi connectivity index (χ2v) is 3.27. The number of aliphatic carboxylic acids is 1. The fourth-order valence-corrected chi connectivity index (χ4v) is 1.71. The number of rotatable bonds is 2. The maximum Gasteiger partial charge on any atom is 0.333 e. The van der Waals surface area contributed by atoms with E-state index in [4.69, 9.17) is 5.11 Å². The first kappa shape index (κ1) is 8.74. The highest BCUT2D eigenvalue weighted by Crippen LogP contribution is 2.27. The van der Waals surface area contributed by atoms with E-state index < -0.39 is 5.97 Å². The predicted octanol–water partition coefficient (Wildman–Crippen LogP) is 0.238. The second kappa shape index (κ2) is 3.14. The summed E-state index contributed by atoms with van der Waals surface area (Å²) in [7, 11) is 0. The lowest BCUT2D eigenvalue weighted by atomic mass is 9.89. The van der Waals surface area contributed by atoms with Gasteiger partial charge in [0.2, 0.25) is 0 Å². The molecule has 1 aliphatic carbocycles. The van der Waals surface area contributed by atoms with Crippen LogP contribution in [0.4, 0.5) is 0 Å². The summed E-state index contributed by atoms with van der Waals surface area (Å²) in [6.07, 6.45) is 7.40. The molecule has 0 fully saturated rings. The van der Waals surface area contributed by atoms with Crippen molar-refractivity contribution in [2.75, 3.05) is 0 Å². The third-order valence-corrected chi connectivity index (χ3v) is 2.43. The number of fused-ring (bicyclic) bond motifs is 1. The fraction of sp³-hybridized carbons (Fsp3) is 0.200. The molecule has 0 saturated heterocycles. The third-order valence-electron chi connectivity index (χ3n) is 2.43. The SMILES string of the molecule is O=CC1=CC2C(C(=O)O)=CNC2C=C1. The molecule has 4 nitrogen and oxygen atoms in total. The Bertz CT molecular complexity index is 379. The standard InChI is InChI=1S/C10H9NO3/c12-5-6-1-2-9-7(3-6)8(4-11-9)10(13)14/h1-5,7,9,11H,(H,13,14). The molecule has 2 atom stereocenters. The number of nitrogens with one attached hydrogen (secondary N) is 1. The molecule has 1 heterocycles. The Morgan fingerprint density at radius 2 is 2.36 bits per heavy atom. The molecule has 2 unspecified atom stereocenters. The molecule has 72 valence electrons. The number of aldehydes is 1. The van der Waals surface area contributed by atoms with Crippen LogP contribution in [0, 0.1) is 5.92 Å². The van der Waals surface area contributed by atoms with E-state index in [2.05, 4.69) is 5.32 Å².